The maximum atomic E-state index is 11.3. The quantitative estimate of drug-likeness (QED) is 0.635. The molecule has 1 aromatic heterocycles. The molecule has 0 spiro atoms. The lowest BCUT2D eigenvalue weighted by Crippen LogP contribution is -2.33. The average Bonchev–Trinajstić information content (AvgIpc) is 2.59. The average molecular weight is 177 g/mol. The van der Waals surface area contributed by atoms with Crippen molar-refractivity contribution < 1.29 is 4.79 Å². The molecule has 1 N–H and O–H groups in total. The van der Waals surface area contributed by atoms with Crippen LogP contribution in [0, 0.1) is 0 Å². The molecule has 0 aromatic carbocycles. The normalized spacial score (nSPS) is 14.1. The highest BCUT2D eigenvalue weighted by Gasteiger charge is 2.22. The molecule has 68 valence electrons. The molecule has 0 saturated heterocycles. The summed E-state index contributed by atoms with van der Waals surface area (Å²) in [5, 5.41) is 2.60. The van der Waals surface area contributed by atoms with Crippen molar-refractivity contribution in [3.8, 4) is 0 Å². The summed E-state index contributed by atoms with van der Waals surface area (Å²) < 4.78 is 0. The summed E-state index contributed by atoms with van der Waals surface area (Å²) in [6.07, 6.45) is 1.76. The molecule has 2 amide bonds. The van der Waals surface area contributed by atoms with Crippen LogP contribution in [0.15, 0.2) is 18.3 Å². The zero-order valence-corrected chi connectivity index (χ0v) is 7.45. The molecular weight excluding hydrogens is 166 g/mol. The van der Waals surface area contributed by atoms with Gasteiger partial charge in [-0.05, 0) is 11.6 Å². The second kappa shape index (κ2) is 3.05. The van der Waals surface area contributed by atoms with Gasteiger partial charge in [-0.15, -0.1) is 0 Å². The first kappa shape index (κ1) is 8.04. The van der Waals surface area contributed by atoms with Crippen LogP contribution >= 0.6 is 0 Å². The Bertz CT molecular complexity index is 312. The zero-order chi connectivity index (χ0) is 9.26. The van der Waals surface area contributed by atoms with Crippen LogP contribution in [-0.4, -0.2) is 23.0 Å². The molecular formula is C9H11N3O. The highest BCUT2D eigenvalue weighted by molar-refractivity contribution is 5.74. The van der Waals surface area contributed by atoms with Crippen molar-refractivity contribution >= 4 is 6.03 Å². The fourth-order valence-corrected chi connectivity index (χ4v) is 1.50. The van der Waals surface area contributed by atoms with E-state index >= 15 is 0 Å². The van der Waals surface area contributed by atoms with Crippen molar-refractivity contribution in [2.45, 2.75) is 13.1 Å². The monoisotopic (exact) mass is 177 g/mol. The number of urea groups is 1. The summed E-state index contributed by atoms with van der Waals surface area (Å²) in [5.41, 5.74) is 2.15. The van der Waals surface area contributed by atoms with E-state index in [1.165, 1.54) is 0 Å². The van der Waals surface area contributed by atoms with E-state index in [-0.39, 0.29) is 6.03 Å². The summed E-state index contributed by atoms with van der Waals surface area (Å²) in [4.78, 5) is 17.2. The Morgan fingerprint density at radius 2 is 2.46 bits per heavy atom. The molecule has 1 aliphatic heterocycles. The highest BCUT2D eigenvalue weighted by atomic mass is 16.2. The minimum absolute atomic E-state index is 0.0435. The first-order valence-electron chi connectivity index (χ1n) is 4.20. The van der Waals surface area contributed by atoms with Crippen LogP contribution in [0.2, 0.25) is 0 Å². The van der Waals surface area contributed by atoms with Gasteiger partial charge >= 0.3 is 6.03 Å². The number of nitrogens with one attached hydrogen (secondary N) is 1. The van der Waals surface area contributed by atoms with Crippen molar-refractivity contribution in [2.24, 2.45) is 0 Å². The third kappa shape index (κ3) is 1.35. The summed E-state index contributed by atoms with van der Waals surface area (Å²) in [7, 11) is 1.64. The number of hydrogen-bond acceptors (Lipinski definition) is 2. The second-order valence-corrected chi connectivity index (χ2v) is 3.02. The van der Waals surface area contributed by atoms with Gasteiger partial charge in [0.15, 0.2) is 0 Å². The Kier molecular flexibility index (Phi) is 1.88. The molecule has 1 aliphatic rings. The standard InChI is InChI=1S/C9H11N3O/c1-10-9(13)12-5-7-3-2-4-11-8(7)6-12/h2-4H,5-6H2,1H3,(H,10,13). The van der Waals surface area contributed by atoms with E-state index in [2.05, 4.69) is 10.3 Å². The van der Waals surface area contributed by atoms with Gasteiger partial charge in [0.1, 0.15) is 0 Å². The Hall–Kier alpha value is -1.58. The number of pyridine rings is 1. The molecule has 4 heteroatoms. The van der Waals surface area contributed by atoms with Gasteiger partial charge in [0.2, 0.25) is 0 Å². The fraction of sp³-hybridized carbons (Fsp3) is 0.333. The maximum absolute atomic E-state index is 11.3. The van der Waals surface area contributed by atoms with Crippen molar-refractivity contribution in [1.29, 1.82) is 0 Å². The summed E-state index contributed by atoms with van der Waals surface area (Å²) in [6.45, 7) is 1.29. The molecule has 2 rings (SSSR count). The Morgan fingerprint density at radius 3 is 3.15 bits per heavy atom. The molecule has 13 heavy (non-hydrogen) atoms. The van der Waals surface area contributed by atoms with Gasteiger partial charge < -0.3 is 10.2 Å². The molecule has 0 aliphatic carbocycles. The van der Waals surface area contributed by atoms with Gasteiger partial charge in [0, 0.05) is 19.8 Å². The first-order chi connectivity index (χ1) is 6.31. The fourth-order valence-electron chi connectivity index (χ4n) is 1.50. The molecule has 0 saturated carbocycles. The number of aromatic nitrogens is 1. The van der Waals surface area contributed by atoms with E-state index in [1.54, 1.807) is 18.1 Å². The number of amides is 2. The van der Waals surface area contributed by atoms with Gasteiger partial charge in [0.05, 0.1) is 12.2 Å². The topological polar surface area (TPSA) is 45.2 Å². The maximum Gasteiger partial charge on any atom is 0.317 e. The minimum atomic E-state index is -0.0435. The smallest absolute Gasteiger partial charge is 0.317 e. The van der Waals surface area contributed by atoms with Crippen LogP contribution in [0.5, 0.6) is 0 Å². The lowest BCUT2D eigenvalue weighted by Gasteiger charge is -2.13. The van der Waals surface area contributed by atoms with Gasteiger partial charge in [-0.25, -0.2) is 4.79 Å². The minimum Gasteiger partial charge on any atom is -0.341 e. The third-order valence-corrected chi connectivity index (χ3v) is 2.19. The number of rotatable bonds is 0. The molecule has 2 heterocycles. The second-order valence-electron chi connectivity index (χ2n) is 3.02. The summed E-state index contributed by atoms with van der Waals surface area (Å²) >= 11 is 0. The Balaban J connectivity index is 2.18. The predicted molar refractivity (Wildman–Crippen MR) is 47.9 cm³/mol. The molecule has 0 unspecified atom stereocenters. The van der Waals surface area contributed by atoms with Crippen molar-refractivity contribution in [3.63, 3.8) is 0 Å². The lowest BCUT2D eigenvalue weighted by atomic mass is 10.2. The van der Waals surface area contributed by atoms with E-state index in [4.69, 9.17) is 0 Å². The number of carbonyl (C=O) groups is 1. The van der Waals surface area contributed by atoms with E-state index in [9.17, 15) is 4.79 Å². The summed E-state index contributed by atoms with van der Waals surface area (Å²) in [5.74, 6) is 0. The molecule has 4 nitrogen and oxygen atoms in total. The van der Waals surface area contributed by atoms with Crippen molar-refractivity contribution in [2.75, 3.05) is 7.05 Å². The first-order valence-corrected chi connectivity index (χ1v) is 4.20. The molecule has 0 atom stereocenters. The number of nitrogens with zero attached hydrogens (tertiary/aromatic N) is 2. The van der Waals surface area contributed by atoms with Gasteiger partial charge in [-0.1, -0.05) is 6.07 Å². The molecule has 1 aromatic rings. The van der Waals surface area contributed by atoms with E-state index < -0.39 is 0 Å². The van der Waals surface area contributed by atoms with Gasteiger partial charge in [0.25, 0.3) is 0 Å². The number of hydrogen-bond donors (Lipinski definition) is 1. The van der Waals surface area contributed by atoms with Crippen LogP contribution in [0.1, 0.15) is 11.3 Å². The zero-order valence-electron chi connectivity index (χ0n) is 7.45. The number of carbonyl (C=O) groups excluding carboxylic acids is 1. The van der Waals surface area contributed by atoms with Crippen LogP contribution in [0.3, 0.4) is 0 Å². The van der Waals surface area contributed by atoms with Crippen LogP contribution < -0.4 is 5.32 Å². The third-order valence-electron chi connectivity index (χ3n) is 2.19. The predicted octanol–water partition coefficient (Wildman–Crippen LogP) is 0.737. The van der Waals surface area contributed by atoms with Crippen molar-refractivity contribution in [1.82, 2.24) is 15.2 Å². The molecule has 0 fully saturated rings. The van der Waals surface area contributed by atoms with E-state index in [1.807, 2.05) is 12.1 Å². The van der Waals surface area contributed by atoms with Crippen molar-refractivity contribution in [3.05, 3.63) is 29.6 Å². The van der Waals surface area contributed by atoms with E-state index in [0.717, 1.165) is 11.3 Å². The van der Waals surface area contributed by atoms with Crippen LogP contribution in [-0.2, 0) is 13.1 Å². The lowest BCUT2D eigenvalue weighted by molar-refractivity contribution is 0.200. The number of fused-ring (bicyclic) bond motifs is 1. The van der Waals surface area contributed by atoms with Gasteiger partial charge in [-0.3, -0.25) is 4.98 Å². The Labute approximate surface area is 76.6 Å². The summed E-state index contributed by atoms with van der Waals surface area (Å²) in [6, 6.07) is 3.86. The highest BCUT2D eigenvalue weighted by Crippen LogP contribution is 2.19. The Morgan fingerprint density at radius 1 is 1.62 bits per heavy atom. The van der Waals surface area contributed by atoms with Crippen LogP contribution in [0.4, 0.5) is 4.79 Å². The van der Waals surface area contributed by atoms with E-state index in [0.29, 0.717) is 13.1 Å². The molecule has 0 bridgehead atoms. The SMILES string of the molecule is CNC(=O)N1Cc2cccnc2C1. The molecule has 0 radical (unpaired) electrons. The largest absolute Gasteiger partial charge is 0.341 e. The van der Waals surface area contributed by atoms with Gasteiger partial charge in [-0.2, -0.15) is 0 Å². The van der Waals surface area contributed by atoms with Crippen LogP contribution in [0.25, 0.3) is 0 Å².